The predicted molar refractivity (Wildman–Crippen MR) is 163 cm³/mol. The normalized spacial score (nSPS) is 18.1. The van der Waals surface area contributed by atoms with E-state index in [1.165, 1.54) is 11.3 Å². The molecule has 2 amide bonds. The van der Waals surface area contributed by atoms with Gasteiger partial charge in [0.05, 0.1) is 34.8 Å². The Morgan fingerprint density at radius 1 is 1.07 bits per heavy atom. The van der Waals surface area contributed by atoms with E-state index in [0.717, 1.165) is 44.7 Å². The molecule has 0 aliphatic carbocycles. The van der Waals surface area contributed by atoms with Gasteiger partial charge < -0.3 is 15.1 Å². The Bertz CT molecular complexity index is 1620. The number of β-amino-alcohol motifs (C(OH)–C–C–N with tert-alkyl or cyclic N) is 1. The molecule has 3 aromatic heterocycles. The first kappa shape index (κ1) is 28.6. The maximum atomic E-state index is 13.3. The van der Waals surface area contributed by atoms with Crippen LogP contribution in [0.2, 0.25) is 0 Å². The lowest BCUT2D eigenvalue weighted by atomic mass is 9.96. The van der Waals surface area contributed by atoms with Gasteiger partial charge in [0.25, 0.3) is 0 Å². The maximum absolute atomic E-state index is 13.3. The highest BCUT2D eigenvalue weighted by molar-refractivity contribution is 7.23. The van der Waals surface area contributed by atoms with Gasteiger partial charge in [-0.3, -0.25) is 19.7 Å². The second-order valence-electron chi connectivity index (χ2n) is 12.1. The Morgan fingerprint density at radius 3 is 2.48 bits per heavy atom. The zero-order valence-corrected chi connectivity index (χ0v) is 25.4. The zero-order chi connectivity index (χ0) is 29.8. The molecule has 0 saturated carbocycles. The Morgan fingerprint density at radius 2 is 1.81 bits per heavy atom. The van der Waals surface area contributed by atoms with E-state index in [1.807, 2.05) is 39.2 Å². The van der Waals surface area contributed by atoms with E-state index in [-0.39, 0.29) is 6.03 Å². The summed E-state index contributed by atoms with van der Waals surface area (Å²) in [6.07, 6.45) is 5.23. The summed E-state index contributed by atoms with van der Waals surface area (Å²) < 4.78 is 0.934. The van der Waals surface area contributed by atoms with Gasteiger partial charge in [0.15, 0.2) is 11.0 Å². The minimum absolute atomic E-state index is 0.0578. The number of rotatable bonds is 7. The predicted octanol–water partition coefficient (Wildman–Crippen LogP) is 3.72. The minimum Gasteiger partial charge on any atom is -0.388 e. The number of nitrogens with zero attached hydrogens (tertiary/aromatic N) is 8. The highest BCUT2D eigenvalue weighted by atomic mass is 32.1. The maximum Gasteiger partial charge on any atom is 0.328 e. The summed E-state index contributed by atoms with van der Waals surface area (Å²) in [7, 11) is 1.99. The Hall–Kier alpha value is -3.55. The average Bonchev–Trinajstić information content (AvgIpc) is 3.36. The summed E-state index contributed by atoms with van der Waals surface area (Å²) in [6.45, 7) is 10.8. The number of carbonyl (C=O) groups is 1. The van der Waals surface area contributed by atoms with Crippen LogP contribution in [0.1, 0.15) is 39.1 Å². The number of aliphatic hydroxyl groups is 2. The number of thiazole rings is 1. The fourth-order valence-electron chi connectivity index (χ4n) is 5.54. The van der Waals surface area contributed by atoms with E-state index >= 15 is 0 Å². The summed E-state index contributed by atoms with van der Waals surface area (Å²) in [4.78, 5) is 39.6. The van der Waals surface area contributed by atoms with Crippen LogP contribution in [0.3, 0.4) is 0 Å². The number of pyridine rings is 1. The molecule has 0 bridgehead atoms. The van der Waals surface area contributed by atoms with E-state index in [2.05, 4.69) is 31.9 Å². The van der Waals surface area contributed by atoms with Crippen molar-refractivity contribution < 1.29 is 15.0 Å². The van der Waals surface area contributed by atoms with Gasteiger partial charge in [-0.25, -0.2) is 19.7 Å². The van der Waals surface area contributed by atoms with Crippen LogP contribution in [0.5, 0.6) is 0 Å². The number of carbonyl (C=O) groups excluding carboxylic acids is 1. The van der Waals surface area contributed by atoms with Crippen molar-refractivity contribution in [1.29, 1.82) is 0 Å². The van der Waals surface area contributed by atoms with Crippen molar-refractivity contribution in [3.8, 4) is 22.4 Å². The van der Waals surface area contributed by atoms with Gasteiger partial charge in [0.1, 0.15) is 5.60 Å². The number of aromatic nitrogens is 4. The van der Waals surface area contributed by atoms with Crippen molar-refractivity contribution in [3.05, 3.63) is 54.2 Å². The number of urea groups is 1. The number of hydrogen-bond acceptors (Lipinski definition) is 10. The first-order valence-corrected chi connectivity index (χ1v) is 14.9. The Kier molecular flexibility index (Phi) is 7.22. The molecule has 2 aliphatic rings. The van der Waals surface area contributed by atoms with Crippen molar-refractivity contribution >= 4 is 32.7 Å². The van der Waals surface area contributed by atoms with Gasteiger partial charge >= 0.3 is 6.03 Å². The number of anilines is 1. The molecule has 0 atom stereocenters. The average molecular weight is 589 g/mol. The lowest BCUT2D eigenvalue weighted by Gasteiger charge is -2.44. The van der Waals surface area contributed by atoms with E-state index in [9.17, 15) is 15.0 Å². The van der Waals surface area contributed by atoms with Crippen molar-refractivity contribution in [2.24, 2.45) is 0 Å². The number of fused-ring (bicyclic) bond motifs is 1. The molecule has 0 spiro atoms. The van der Waals surface area contributed by atoms with Gasteiger partial charge in [-0.1, -0.05) is 11.3 Å². The third kappa shape index (κ3) is 5.60. The summed E-state index contributed by atoms with van der Waals surface area (Å²) in [5, 5.41) is 21.1. The van der Waals surface area contributed by atoms with Crippen LogP contribution in [0.4, 0.5) is 9.93 Å². The molecule has 2 aliphatic heterocycles. The first-order valence-electron chi connectivity index (χ1n) is 14.0. The number of amides is 2. The molecule has 4 aromatic rings. The van der Waals surface area contributed by atoms with Crippen LogP contribution < -0.4 is 4.90 Å². The molecule has 2 fully saturated rings. The lowest BCUT2D eigenvalue weighted by Crippen LogP contribution is -2.59. The summed E-state index contributed by atoms with van der Waals surface area (Å²) in [5.74, 6) is 0.344. The van der Waals surface area contributed by atoms with Gasteiger partial charge in [-0.15, -0.1) is 0 Å². The van der Waals surface area contributed by atoms with Crippen LogP contribution >= 0.6 is 11.3 Å². The van der Waals surface area contributed by atoms with E-state index in [1.54, 1.807) is 36.0 Å². The molecule has 42 heavy (non-hydrogen) atoms. The standard InChI is InChI=1S/C30H36N8O3S/c1-6-37-17-35(5)18-38(28(37)39)27-34-24-11-20(21-12-32-26(33-13-21)29(2,3)40)10-22(25(24)42-27)23-9-19(7-8-31-23)14-36-15-30(4,41)16-36/h7-13,40-41H,6,14-18H2,1-5H3. The van der Waals surface area contributed by atoms with E-state index in [0.29, 0.717) is 43.9 Å². The largest absolute Gasteiger partial charge is 0.388 e. The molecular formula is C30H36N8O3S. The molecule has 220 valence electrons. The number of hydrogen-bond donors (Lipinski definition) is 2. The SMILES string of the molecule is CCN1CN(C)CN(c2nc3cc(-c4cnc(C(C)(C)O)nc4)cc(-c4cc(CN5CC(C)(O)C5)ccn4)c3s2)C1=O. The molecule has 0 unspecified atom stereocenters. The Labute approximate surface area is 249 Å². The second-order valence-corrected chi connectivity index (χ2v) is 13.1. The number of benzene rings is 1. The third-order valence-electron chi connectivity index (χ3n) is 7.56. The van der Waals surface area contributed by atoms with Crippen molar-refractivity contribution in [2.45, 2.75) is 45.4 Å². The highest BCUT2D eigenvalue weighted by Crippen LogP contribution is 2.40. The zero-order valence-electron chi connectivity index (χ0n) is 24.6. The second kappa shape index (κ2) is 10.6. The third-order valence-corrected chi connectivity index (χ3v) is 8.68. The van der Waals surface area contributed by atoms with Crippen molar-refractivity contribution in [2.75, 3.05) is 44.9 Å². The van der Waals surface area contributed by atoms with Crippen LogP contribution in [0.15, 0.2) is 42.9 Å². The molecule has 1 aromatic carbocycles. The molecule has 5 heterocycles. The quantitative estimate of drug-likeness (QED) is 0.333. The molecule has 6 rings (SSSR count). The van der Waals surface area contributed by atoms with E-state index < -0.39 is 11.2 Å². The first-order chi connectivity index (χ1) is 19.9. The minimum atomic E-state index is -1.15. The summed E-state index contributed by atoms with van der Waals surface area (Å²) >= 11 is 1.48. The van der Waals surface area contributed by atoms with Gasteiger partial charge in [0.2, 0.25) is 0 Å². The molecular weight excluding hydrogens is 552 g/mol. The monoisotopic (exact) mass is 588 g/mol. The van der Waals surface area contributed by atoms with Crippen LogP contribution in [-0.2, 0) is 12.1 Å². The van der Waals surface area contributed by atoms with Gasteiger partial charge in [0, 0.05) is 55.9 Å². The molecule has 2 N–H and O–H groups in total. The lowest BCUT2D eigenvalue weighted by molar-refractivity contribution is -0.0871. The molecule has 11 nitrogen and oxygen atoms in total. The molecule has 12 heteroatoms. The van der Waals surface area contributed by atoms with Crippen molar-refractivity contribution in [1.82, 2.24) is 34.6 Å². The van der Waals surface area contributed by atoms with Crippen LogP contribution in [-0.4, -0.2) is 96.5 Å². The summed E-state index contributed by atoms with van der Waals surface area (Å²) in [6, 6.07) is 8.08. The van der Waals surface area contributed by atoms with Crippen LogP contribution in [0.25, 0.3) is 32.6 Å². The summed E-state index contributed by atoms with van der Waals surface area (Å²) in [5.41, 5.74) is 3.42. The molecule has 2 saturated heterocycles. The topological polar surface area (TPSA) is 122 Å². The number of likely N-dealkylation sites (tertiary alicyclic amines) is 1. The van der Waals surface area contributed by atoms with Crippen LogP contribution in [0, 0.1) is 0 Å². The molecule has 0 radical (unpaired) electrons. The smallest absolute Gasteiger partial charge is 0.328 e. The fraction of sp³-hybridized carbons (Fsp3) is 0.433. The van der Waals surface area contributed by atoms with Crippen molar-refractivity contribution in [3.63, 3.8) is 0 Å². The fourth-order valence-corrected chi connectivity index (χ4v) is 6.60. The van der Waals surface area contributed by atoms with E-state index in [4.69, 9.17) is 9.97 Å². The Balaban J connectivity index is 1.44. The highest BCUT2D eigenvalue weighted by Gasteiger charge is 2.36. The van der Waals surface area contributed by atoms with Gasteiger partial charge in [-0.2, -0.15) is 0 Å². The van der Waals surface area contributed by atoms with Gasteiger partial charge in [-0.05, 0) is 70.1 Å².